The molecule has 2 aliphatic rings. The molecule has 0 radical (unpaired) electrons. The third-order valence-corrected chi connectivity index (χ3v) is 3.78. The maximum Gasteiger partial charge on any atom is 0.0679 e. The lowest BCUT2D eigenvalue weighted by atomic mass is 9.95. The zero-order valence-corrected chi connectivity index (χ0v) is 9.89. The van der Waals surface area contributed by atoms with Crippen molar-refractivity contribution in [2.45, 2.75) is 64.2 Å². The van der Waals surface area contributed by atoms with Gasteiger partial charge in [0.15, 0.2) is 0 Å². The van der Waals surface area contributed by atoms with E-state index in [-0.39, 0.29) is 0 Å². The van der Waals surface area contributed by atoms with Crippen molar-refractivity contribution in [3.05, 3.63) is 11.1 Å². The van der Waals surface area contributed by atoms with Crippen molar-refractivity contribution in [1.82, 2.24) is 0 Å². The molecule has 0 N–H and O–H groups in total. The van der Waals surface area contributed by atoms with Gasteiger partial charge >= 0.3 is 0 Å². The van der Waals surface area contributed by atoms with Crippen molar-refractivity contribution in [2.75, 3.05) is 13.2 Å². The van der Waals surface area contributed by atoms with Gasteiger partial charge < -0.3 is 4.74 Å². The van der Waals surface area contributed by atoms with Crippen LogP contribution in [0.3, 0.4) is 0 Å². The lowest BCUT2D eigenvalue weighted by Gasteiger charge is -2.20. The molecule has 0 aromatic heterocycles. The highest BCUT2D eigenvalue weighted by molar-refractivity contribution is 5.17. The summed E-state index contributed by atoms with van der Waals surface area (Å²) < 4.78 is 5.58. The predicted molar refractivity (Wildman–Crippen MR) is 64.0 cm³/mol. The van der Waals surface area contributed by atoms with Crippen LogP contribution in [0.5, 0.6) is 0 Å². The monoisotopic (exact) mass is 208 g/mol. The van der Waals surface area contributed by atoms with Gasteiger partial charge in [0.1, 0.15) is 0 Å². The maximum absolute atomic E-state index is 5.58. The Morgan fingerprint density at radius 3 is 1.93 bits per heavy atom. The van der Waals surface area contributed by atoms with Gasteiger partial charge in [-0.05, 0) is 37.7 Å². The standard InChI is InChI=1S/C14H24O/c1-2-4-6-8-13-10-11-15-12-14(13)9-7-5-3-1/h1-12H2. The first-order valence-corrected chi connectivity index (χ1v) is 6.74. The molecule has 1 aliphatic carbocycles. The van der Waals surface area contributed by atoms with E-state index in [4.69, 9.17) is 4.74 Å². The van der Waals surface area contributed by atoms with Crippen LogP contribution in [-0.4, -0.2) is 13.2 Å². The molecule has 0 aromatic carbocycles. The van der Waals surface area contributed by atoms with Crippen LogP contribution in [0.4, 0.5) is 0 Å². The van der Waals surface area contributed by atoms with Crippen LogP contribution in [0, 0.1) is 0 Å². The second-order valence-corrected chi connectivity index (χ2v) is 4.98. The summed E-state index contributed by atoms with van der Waals surface area (Å²) in [6.07, 6.45) is 13.9. The minimum Gasteiger partial charge on any atom is -0.377 e. The van der Waals surface area contributed by atoms with Crippen molar-refractivity contribution in [3.8, 4) is 0 Å². The van der Waals surface area contributed by atoms with Gasteiger partial charge in [0, 0.05) is 0 Å². The molecule has 0 unspecified atom stereocenters. The second-order valence-electron chi connectivity index (χ2n) is 4.98. The fourth-order valence-corrected chi connectivity index (χ4v) is 2.78. The van der Waals surface area contributed by atoms with Crippen molar-refractivity contribution < 1.29 is 4.74 Å². The molecule has 1 nitrogen and oxygen atoms in total. The predicted octanol–water partition coefficient (Wildman–Crippen LogP) is 4.23. The van der Waals surface area contributed by atoms with Crippen LogP contribution in [0.1, 0.15) is 64.2 Å². The van der Waals surface area contributed by atoms with E-state index in [1.54, 1.807) is 11.1 Å². The average Bonchev–Trinajstić information content (AvgIpc) is 2.32. The summed E-state index contributed by atoms with van der Waals surface area (Å²) in [4.78, 5) is 0. The number of hydrogen-bond acceptors (Lipinski definition) is 1. The summed E-state index contributed by atoms with van der Waals surface area (Å²) >= 11 is 0. The molecule has 0 bridgehead atoms. The molecule has 0 amide bonds. The van der Waals surface area contributed by atoms with Crippen molar-refractivity contribution in [2.24, 2.45) is 0 Å². The molecule has 0 fully saturated rings. The van der Waals surface area contributed by atoms with Gasteiger partial charge in [0.05, 0.1) is 13.2 Å². The zero-order chi connectivity index (χ0) is 10.3. The molecule has 1 heteroatoms. The van der Waals surface area contributed by atoms with E-state index in [2.05, 4.69) is 0 Å². The smallest absolute Gasteiger partial charge is 0.0679 e. The summed E-state index contributed by atoms with van der Waals surface area (Å²) in [5, 5.41) is 0. The van der Waals surface area contributed by atoms with Gasteiger partial charge in [0.2, 0.25) is 0 Å². The molecule has 0 saturated carbocycles. The second kappa shape index (κ2) is 6.32. The van der Waals surface area contributed by atoms with Gasteiger partial charge in [-0.25, -0.2) is 0 Å². The molecule has 0 spiro atoms. The Hall–Kier alpha value is -0.300. The zero-order valence-electron chi connectivity index (χ0n) is 9.89. The van der Waals surface area contributed by atoms with Gasteiger partial charge in [-0.3, -0.25) is 0 Å². The summed E-state index contributed by atoms with van der Waals surface area (Å²) in [7, 11) is 0. The molecular weight excluding hydrogens is 184 g/mol. The third kappa shape index (κ3) is 3.64. The molecule has 1 aliphatic heterocycles. The molecule has 15 heavy (non-hydrogen) atoms. The fraction of sp³-hybridized carbons (Fsp3) is 0.857. The fourth-order valence-electron chi connectivity index (χ4n) is 2.78. The Kier molecular flexibility index (Phi) is 4.72. The summed E-state index contributed by atoms with van der Waals surface area (Å²) in [5.41, 5.74) is 3.41. The normalized spacial score (nSPS) is 25.6. The Bertz CT molecular complexity index is 195. The van der Waals surface area contributed by atoms with Crippen molar-refractivity contribution in [1.29, 1.82) is 0 Å². The highest BCUT2D eigenvalue weighted by Gasteiger charge is 2.12. The topological polar surface area (TPSA) is 9.23 Å². The third-order valence-electron chi connectivity index (χ3n) is 3.78. The van der Waals surface area contributed by atoms with E-state index < -0.39 is 0 Å². The Morgan fingerprint density at radius 2 is 1.20 bits per heavy atom. The molecule has 0 aromatic rings. The maximum atomic E-state index is 5.58. The van der Waals surface area contributed by atoms with Gasteiger partial charge in [0.25, 0.3) is 0 Å². The quantitative estimate of drug-likeness (QED) is 0.541. The van der Waals surface area contributed by atoms with Gasteiger partial charge in [-0.2, -0.15) is 0 Å². The summed E-state index contributed by atoms with van der Waals surface area (Å²) in [6.45, 7) is 1.91. The van der Waals surface area contributed by atoms with E-state index in [9.17, 15) is 0 Å². The summed E-state index contributed by atoms with van der Waals surface area (Å²) in [6, 6.07) is 0. The highest BCUT2D eigenvalue weighted by atomic mass is 16.5. The van der Waals surface area contributed by atoms with E-state index in [1.807, 2.05) is 0 Å². The Balaban J connectivity index is 1.94. The van der Waals surface area contributed by atoms with Crippen LogP contribution in [0.15, 0.2) is 11.1 Å². The largest absolute Gasteiger partial charge is 0.377 e. The van der Waals surface area contributed by atoms with Crippen molar-refractivity contribution >= 4 is 0 Å². The highest BCUT2D eigenvalue weighted by Crippen LogP contribution is 2.26. The number of ether oxygens (including phenoxy) is 1. The minimum atomic E-state index is 0.940. The Labute approximate surface area is 93.9 Å². The van der Waals surface area contributed by atoms with Crippen molar-refractivity contribution in [3.63, 3.8) is 0 Å². The van der Waals surface area contributed by atoms with Crippen LogP contribution >= 0.6 is 0 Å². The average molecular weight is 208 g/mol. The van der Waals surface area contributed by atoms with Gasteiger partial charge in [-0.15, -0.1) is 0 Å². The SMILES string of the molecule is C1CCCCC2=C(CCCC1)COCC2. The summed E-state index contributed by atoms with van der Waals surface area (Å²) in [5.74, 6) is 0. The lowest BCUT2D eigenvalue weighted by Crippen LogP contribution is -2.11. The van der Waals surface area contributed by atoms with Crippen LogP contribution < -0.4 is 0 Å². The van der Waals surface area contributed by atoms with E-state index >= 15 is 0 Å². The van der Waals surface area contributed by atoms with Crippen LogP contribution in [0.25, 0.3) is 0 Å². The first kappa shape index (κ1) is 11.2. The molecule has 0 atom stereocenters. The van der Waals surface area contributed by atoms with E-state index in [0.29, 0.717) is 0 Å². The van der Waals surface area contributed by atoms with Crippen LogP contribution in [0.2, 0.25) is 0 Å². The van der Waals surface area contributed by atoms with E-state index in [0.717, 1.165) is 13.2 Å². The Morgan fingerprint density at radius 1 is 0.600 bits per heavy atom. The number of hydrogen-bond donors (Lipinski definition) is 0. The van der Waals surface area contributed by atoms with Crippen LogP contribution in [-0.2, 0) is 4.74 Å². The number of rotatable bonds is 0. The van der Waals surface area contributed by atoms with Gasteiger partial charge in [-0.1, -0.05) is 37.7 Å². The first-order chi connectivity index (χ1) is 7.47. The minimum absolute atomic E-state index is 0.940. The molecule has 2 rings (SSSR count). The molecule has 86 valence electrons. The molecule has 1 heterocycles. The molecular formula is C14H24O. The molecule has 0 saturated heterocycles. The van der Waals surface area contributed by atoms with E-state index in [1.165, 1.54) is 64.2 Å². The lowest BCUT2D eigenvalue weighted by molar-refractivity contribution is 0.142. The first-order valence-electron chi connectivity index (χ1n) is 6.74.